The summed E-state index contributed by atoms with van der Waals surface area (Å²) in [7, 11) is 0. The molecule has 0 rings (SSSR count). The normalized spacial score (nSPS) is 13.1. The number of carboxylic acid groups (broad SMARTS) is 1. The molecule has 1 amide bonds. The van der Waals surface area contributed by atoms with E-state index in [0.717, 1.165) is 0 Å². The molecule has 88 valence electrons. The maximum Gasteiger partial charge on any atom is 0.426 e. The smallest absolute Gasteiger partial charge is 0.426 e. The van der Waals surface area contributed by atoms with Crippen LogP contribution in [0.4, 0.5) is 4.79 Å². The topological polar surface area (TPSA) is 105 Å². The van der Waals surface area contributed by atoms with Crippen molar-refractivity contribution < 1.29 is 19.4 Å². The van der Waals surface area contributed by atoms with E-state index in [0.29, 0.717) is 5.01 Å². The molecular weight excluding hydrogens is 202 g/mol. The molecule has 0 heterocycles. The van der Waals surface area contributed by atoms with Crippen LogP contribution in [-0.2, 0) is 9.53 Å². The Labute approximate surface area is 88.1 Å². The Kier molecular flexibility index (Phi) is 4.50. The minimum atomic E-state index is -1.18. The Morgan fingerprint density at radius 2 is 1.93 bits per heavy atom. The number of carbonyl (C=O) groups is 2. The molecule has 0 aliphatic rings. The summed E-state index contributed by atoms with van der Waals surface area (Å²) < 4.78 is 4.94. The first kappa shape index (κ1) is 13.7. The lowest BCUT2D eigenvalue weighted by Gasteiger charge is -2.28. The van der Waals surface area contributed by atoms with Crippen LogP contribution in [0.15, 0.2) is 0 Å². The van der Waals surface area contributed by atoms with Crippen LogP contribution in [-0.4, -0.2) is 33.8 Å². The zero-order chi connectivity index (χ0) is 12.2. The van der Waals surface area contributed by atoms with Gasteiger partial charge in [0.15, 0.2) is 0 Å². The van der Waals surface area contributed by atoms with E-state index in [1.807, 2.05) is 5.53 Å². The number of aliphatic carboxylic acids is 1. The molecule has 0 radical (unpaired) electrons. The Bertz CT molecular complexity index is 249. The highest BCUT2D eigenvalue weighted by molar-refractivity contribution is 5.79. The minimum Gasteiger partial charge on any atom is -0.480 e. The van der Waals surface area contributed by atoms with Crippen LogP contribution in [0, 0.1) is 0 Å². The number of hydrogen-bond acceptors (Lipinski definition) is 5. The molecule has 0 aliphatic carbocycles. The maximum atomic E-state index is 11.4. The van der Waals surface area contributed by atoms with Crippen LogP contribution in [0.2, 0.25) is 0 Å². The van der Waals surface area contributed by atoms with Gasteiger partial charge in [0.2, 0.25) is 0 Å². The number of nitrogens with one attached hydrogen (secondary N) is 1. The monoisotopic (exact) mass is 219 g/mol. The summed E-state index contributed by atoms with van der Waals surface area (Å²) in [4.78, 5) is 22.1. The van der Waals surface area contributed by atoms with Gasteiger partial charge in [-0.3, -0.25) is 5.84 Å². The van der Waals surface area contributed by atoms with E-state index < -0.39 is 23.7 Å². The fraction of sp³-hybridized carbons (Fsp3) is 0.750. The molecule has 0 saturated carbocycles. The first-order chi connectivity index (χ1) is 6.69. The summed E-state index contributed by atoms with van der Waals surface area (Å²) in [6.07, 6.45) is -0.833. The van der Waals surface area contributed by atoms with Gasteiger partial charge in [0.05, 0.1) is 0 Å². The molecule has 0 aromatic heterocycles. The Morgan fingerprint density at radius 3 is 2.20 bits per heavy atom. The highest BCUT2D eigenvalue weighted by atomic mass is 16.6. The van der Waals surface area contributed by atoms with E-state index in [4.69, 9.17) is 15.7 Å². The molecule has 0 bridgehead atoms. The average molecular weight is 219 g/mol. The van der Waals surface area contributed by atoms with E-state index >= 15 is 0 Å². The fourth-order valence-electron chi connectivity index (χ4n) is 0.744. The second-order valence-corrected chi connectivity index (χ2v) is 3.99. The largest absolute Gasteiger partial charge is 0.480 e. The molecule has 15 heavy (non-hydrogen) atoms. The summed E-state index contributed by atoms with van der Waals surface area (Å²) in [6.45, 7) is 6.33. The van der Waals surface area contributed by atoms with Gasteiger partial charge in [0.1, 0.15) is 11.6 Å². The van der Waals surface area contributed by atoms with Crippen molar-refractivity contribution in [3.63, 3.8) is 0 Å². The third-order valence-electron chi connectivity index (χ3n) is 1.47. The van der Waals surface area contributed by atoms with E-state index in [2.05, 4.69) is 0 Å². The van der Waals surface area contributed by atoms with Crippen molar-refractivity contribution in [1.29, 1.82) is 0 Å². The Morgan fingerprint density at radius 1 is 1.47 bits per heavy atom. The summed E-state index contributed by atoms with van der Waals surface area (Å²) in [5, 5.41) is 9.39. The van der Waals surface area contributed by atoms with Gasteiger partial charge in [-0.25, -0.2) is 14.6 Å². The number of ether oxygens (including phenoxy) is 1. The Hall–Kier alpha value is -1.34. The molecule has 0 aromatic rings. The van der Waals surface area contributed by atoms with E-state index in [1.165, 1.54) is 6.92 Å². The number of hydrazine groups is 2. The van der Waals surface area contributed by atoms with Crippen LogP contribution >= 0.6 is 0 Å². The number of carboxylic acids is 1. The average Bonchev–Trinajstić information content (AvgIpc) is 2.01. The second-order valence-electron chi connectivity index (χ2n) is 3.99. The van der Waals surface area contributed by atoms with Gasteiger partial charge in [-0.1, -0.05) is 0 Å². The summed E-state index contributed by atoms with van der Waals surface area (Å²) in [6, 6.07) is -1.11. The second kappa shape index (κ2) is 4.94. The lowest BCUT2D eigenvalue weighted by atomic mass is 10.2. The van der Waals surface area contributed by atoms with Crippen molar-refractivity contribution in [1.82, 2.24) is 10.5 Å². The van der Waals surface area contributed by atoms with Crippen molar-refractivity contribution in [3.05, 3.63) is 0 Å². The number of hydrogen-bond donors (Lipinski definition) is 3. The van der Waals surface area contributed by atoms with E-state index in [1.54, 1.807) is 20.8 Å². The van der Waals surface area contributed by atoms with Crippen LogP contribution in [0.25, 0.3) is 0 Å². The van der Waals surface area contributed by atoms with Gasteiger partial charge in [-0.2, -0.15) is 5.53 Å². The highest BCUT2D eigenvalue weighted by Gasteiger charge is 2.29. The Balaban J connectivity index is 4.55. The van der Waals surface area contributed by atoms with Crippen molar-refractivity contribution in [2.75, 3.05) is 0 Å². The first-order valence-corrected chi connectivity index (χ1v) is 4.40. The number of nitrogens with two attached hydrogens (primary N) is 1. The van der Waals surface area contributed by atoms with Crippen LogP contribution < -0.4 is 11.4 Å². The van der Waals surface area contributed by atoms with Gasteiger partial charge in [0.25, 0.3) is 0 Å². The van der Waals surface area contributed by atoms with Crippen molar-refractivity contribution in [2.24, 2.45) is 5.84 Å². The molecular formula is C8H17N3O4. The molecule has 0 aromatic carbocycles. The van der Waals surface area contributed by atoms with Gasteiger partial charge < -0.3 is 9.84 Å². The molecule has 4 N–H and O–H groups in total. The lowest BCUT2D eigenvalue weighted by molar-refractivity contribution is -0.143. The third kappa shape index (κ3) is 4.61. The molecule has 1 unspecified atom stereocenters. The van der Waals surface area contributed by atoms with Gasteiger partial charge in [0, 0.05) is 0 Å². The highest BCUT2D eigenvalue weighted by Crippen LogP contribution is 2.10. The standard InChI is InChI=1S/C8H17N3O4/c1-5(6(12)13)11(10-9)7(14)15-8(2,3)4/h5,10H,9H2,1-4H3,(H,12,13). The summed E-state index contributed by atoms with van der Waals surface area (Å²) >= 11 is 0. The molecule has 0 fully saturated rings. The number of nitrogens with zero attached hydrogens (tertiary/aromatic N) is 1. The molecule has 0 spiro atoms. The van der Waals surface area contributed by atoms with Gasteiger partial charge >= 0.3 is 12.1 Å². The predicted molar refractivity (Wildman–Crippen MR) is 52.5 cm³/mol. The summed E-state index contributed by atoms with van der Waals surface area (Å²) in [5.41, 5.74) is 1.28. The van der Waals surface area contributed by atoms with Crippen LogP contribution in [0.1, 0.15) is 27.7 Å². The fourth-order valence-corrected chi connectivity index (χ4v) is 0.744. The number of rotatable bonds is 3. The predicted octanol–water partition coefficient (Wildman–Crippen LogP) is 0.0749. The minimum absolute atomic E-state index is 0.702. The third-order valence-corrected chi connectivity index (χ3v) is 1.47. The molecule has 7 heteroatoms. The SMILES string of the molecule is CC(C(=O)O)N(NN)C(=O)OC(C)(C)C. The first-order valence-electron chi connectivity index (χ1n) is 4.40. The van der Waals surface area contributed by atoms with Crippen LogP contribution in [0.3, 0.4) is 0 Å². The zero-order valence-corrected chi connectivity index (χ0v) is 9.27. The van der Waals surface area contributed by atoms with Crippen molar-refractivity contribution in [2.45, 2.75) is 39.3 Å². The van der Waals surface area contributed by atoms with Gasteiger partial charge in [-0.15, -0.1) is 0 Å². The number of carbonyl (C=O) groups excluding carboxylic acids is 1. The lowest BCUT2D eigenvalue weighted by Crippen LogP contribution is -2.55. The molecule has 1 atom stereocenters. The van der Waals surface area contributed by atoms with Crippen LogP contribution in [0.5, 0.6) is 0 Å². The van der Waals surface area contributed by atoms with Crippen molar-refractivity contribution >= 4 is 12.1 Å². The maximum absolute atomic E-state index is 11.4. The van der Waals surface area contributed by atoms with E-state index in [-0.39, 0.29) is 0 Å². The zero-order valence-electron chi connectivity index (χ0n) is 9.27. The van der Waals surface area contributed by atoms with Gasteiger partial charge in [-0.05, 0) is 27.7 Å². The quantitative estimate of drug-likeness (QED) is 0.458. The molecule has 7 nitrogen and oxygen atoms in total. The molecule has 0 saturated heterocycles. The molecule has 0 aliphatic heterocycles. The van der Waals surface area contributed by atoms with Crippen molar-refractivity contribution in [3.8, 4) is 0 Å². The van der Waals surface area contributed by atoms with E-state index in [9.17, 15) is 9.59 Å². The summed E-state index contributed by atoms with van der Waals surface area (Å²) in [5.74, 6) is 3.86. The number of amides is 1.